The van der Waals surface area contributed by atoms with E-state index in [2.05, 4.69) is 0 Å². The van der Waals surface area contributed by atoms with Gasteiger partial charge in [-0.25, -0.2) is 4.39 Å². The van der Waals surface area contributed by atoms with Gasteiger partial charge in [0.2, 0.25) is 0 Å². The molecule has 0 atom stereocenters. The minimum atomic E-state index is -0.406. The van der Waals surface area contributed by atoms with Crippen LogP contribution in [0.3, 0.4) is 0 Å². The maximum Gasteiger partial charge on any atom is 0.146 e. The van der Waals surface area contributed by atoms with E-state index in [1.54, 1.807) is 24.3 Å². The molecule has 0 spiro atoms. The van der Waals surface area contributed by atoms with Crippen LogP contribution in [0.15, 0.2) is 42.5 Å². The number of rotatable bonds is 3. The van der Waals surface area contributed by atoms with E-state index in [0.29, 0.717) is 16.5 Å². The Balaban J connectivity index is 2.21. The minimum absolute atomic E-state index is 0.216. The van der Waals surface area contributed by atoms with Gasteiger partial charge in [0, 0.05) is 5.56 Å². The Labute approximate surface area is 114 Å². The molecule has 92 valence electrons. The van der Waals surface area contributed by atoms with E-state index >= 15 is 0 Å². The van der Waals surface area contributed by atoms with Crippen LogP contribution in [-0.2, 0) is 0 Å². The molecule has 5 heteroatoms. The number of halogens is 2. The molecule has 0 heterocycles. The molecule has 0 aliphatic rings. The van der Waals surface area contributed by atoms with E-state index in [1.807, 2.05) is 0 Å². The average molecular weight is 282 g/mol. The lowest BCUT2D eigenvalue weighted by molar-refractivity contribution is 0.481. The lowest BCUT2D eigenvalue weighted by atomic mass is 10.2. The van der Waals surface area contributed by atoms with Gasteiger partial charge in [0.05, 0.1) is 5.02 Å². The summed E-state index contributed by atoms with van der Waals surface area (Å²) in [6.45, 7) is 0. The van der Waals surface area contributed by atoms with Crippen LogP contribution in [0.5, 0.6) is 11.5 Å². The third-order valence-electron chi connectivity index (χ3n) is 2.26. The van der Waals surface area contributed by atoms with Crippen LogP contribution in [0.1, 0.15) is 5.56 Å². The molecule has 0 amide bonds. The van der Waals surface area contributed by atoms with Crippen molar-refractivity contribution in [3.8, 4) is 11.5 Å². The summed E-state index contributed by atoms with van der Waals surface area (Å²) in [7, 11) is 0. The van der Waals surface area contributed by atoms with Gasteiger partial charge in [-0.05, 0) is 42.5 Å². The molecular formula is C13H9ClFNOS. The highest BCUT2D eigenvalue weighted by Crippen LogP contribution is 2.29. The van der Waals surface area contributed by atoms with Gasteiger partial charge >= 0.3 is 0 Å². The standard InChI is InChI=1S/C13H9ClFNOS/c14-11-7-9(15)3-6-12(11)17-10-4-1-8(2-5-10)13(16)18/h1-7H,(H2,16,18). The molecule has 0 saturated carbocycles. The Morgan fingerprint density at radius 3 is 2.39 bits per heavy atom. The van der Waals surface area contributed by atoms with Gasteiger partial charge < -0.3 is 10.5 Å². The highest BCUT2D eigenvalue weighted by atomic mass is 35.5. The van der Waals surface area contributed by atoms with Gasteiger partial charge in [-0.2, -0.15) is 0 Å². The SMILES string of the molecule is NC(=S)c1ccc(Oc2ccc(F)cc2Cl)cc1. The first-order chi connectivity index (χ1) is 8.56. The summed E-state index contributed by atoms with van der Waals surface area (Å²) in [6, 6.07) is 10.9. The molecule has 2 N–H and O–H groups in total. The molecule has 2 aromatic carbocycles. The molecule has 0 fully saturated rings. The van der Waals surface area contributed by atoms with E-state index in [-0.39, 0.29) is 5.02 Å². The summed E-state index contributed by atoms with van der Waals surface area (Å²) in [4.78, 5) is 0.321. The van der Waals surface area contributed by atoms with Gasteiger partial charge in [-0.15, -0.1) is 0 Å². The lowest BCUT2D eigenvalue weighted by Crippen LogP contribution is -2.08. The van der Waals surface area contributed by atoms with Crippen LogP contribution in [0.25, 0.3) is 0 Å². The number of ether oxygens (including phenoxy) is 1. The molecule has 0 bridgehead atoms. The number of hydrogen-bond acceptors (Lipinski definition) is 2. The molecule has 2 nitrogen and oxygen atoms in total. The molecule has 0 unspecified atom stereocenters. The van der Waals surface area contributed by atoms with Crippen LogP contribution in [-0.4, -0.2) is 4.99 Å². The van der Waals surface area contributed by atoms with Crippen molar-refractivity contribution in [3.05, 3.63) is 58.9 Å². The largest absolute Gasteiger partial charge is 0.456 e. The Kier molecular flexibility index (Phi) is 3.79. The fourth-order valence-electron chi connectivity index (χ4n) is 1.37. The summed E-state index contributed by atoms with van der Waals surface area (Å²) in [6.07, 6.45) is 0. The van der Waals surface area contributed by atoms with Crippen LogP contribution in [0, 0.1) is 5.82 Å². The van der Waals surface area contributed by atoms with Crippen LogP contribution in [0.4, 0.5) is 4.39 Å². The Bertz CT molecular complexity index is 586. The summed E-state index contributed by atoms with van der Waals surface area (Å²) in [5.74, 6) is 0.556. The van der Waals surface area contributed by atoms with Crippen LogP contribution in [0.2, 0.25) is 5.02 Å². The summed E-state index contributed by atoms with van der Waals surface area (Å²) >= 11 is 10.7. The van der Waals surface area contributed by atoms with Crippen molar-refractivity contribution < 1.29 is 9.13 Å². The zero-order chi connectivity index (χ0) is 13.1. The maximum atomic E-state index is 12.9. The summed E-state index contributed by atoms with van der Waals surface area (Å²) in [5, 5.41) is 0.216. The Morgan fingerprint density at radius 2 is 1.83 bits per heavy atom. The van der Waals surface area contributed by atoms with Gasteiger partial charge in [-0.1, -0.05) is 23.8 Å². The van der Waals surface area contributed by atoms with E-state index in [1.165, 1.54) is 18.2 Å². The van der Waals surface area contributed by atoms with Crippen molar-refractivity contribution in [3.63, 3.8) is 0 Å². The minimum Gasteiger partial charge on any atom is -0.456 e. The van der Waals surface area contributed by atoms with Crippen LogP contribution >= 0.6 is 23.8 Å². The zero-order valence-electron chi connectivity index (χ0n) is 9.19. The smallest absolute Gasteiger partial charge is 0.146 e. The molecule has 0 aromatic heterocycles. The predicted molar refractivity (Wildman–Crippen MR) is 73.8 cm³/mol. The Morgan fingerprint density at radius 1 is 1.17 bits per heavy atom. The molecular weight excluding hydrogens is 273 g/mol. The molecule has 0 aliphatic heterocycles. The van der Waals surface area contributed by atoms with Crippen molar-refractivity contribution >= 4 is 28.8 Å². The highest BCUT2D eigenvalue weighted by Gasteiger charge is 2.05. The number of thiocarbonyl (C=S) groups is 1. The third-order valence-corrected chi connectivity index (χ3v) is 2.79. The topological polar surface area (TPSA) is 35.2 Å². The molecule has 2 aromatic rings. The summed E-state index contributed by atoms with van der Waals surface area (Å²) < 4.78 is 18.4. The second-order valence-corrected chi connectivity index (χ2v) is 4.41. The fourth-order valence-corrected chi connectivity index (χ4v) is 1.71. The lowest BCUT2D eigenvalue weighted by Gasteiger charge is -2.08. The molecule has 18 heavy (non-hydrogen) atoms. The van der Waals surface area contributed by atoms with Crippen LogP contribution < -0.4 is 10.5 Å². The number of hydrogen-bond donors (Lipinski definition) is 1. The molecule has 0 saturated heterocycles. The van der Waals surface area contributed by atoms with Crippen molar-refractivity contribution in [2.24, 2.45) is 5.73 Å². The van der Waals surface area contributed by atoms with Gasteiger partial charge in [0.15, 0.2) is 0 Å². The van der Waals surface area contributed by atoms with E-state index < -0.39 is 5.82 Å². The first-order valence-electron chi connectivity index (χ1n) is 5.09. The number of nitrogens with two attached hydrogens (primary N) is 1. The second-order valence-electron chi connectivity index (χ2n) is 3.57. The first kappa shape index (κ1) is 12.8. The van der Waals surface area contributed by atoms with Gasteiger partial charge in [0.25, 0.3) is 0 Å². The monoisotopic (exact) mass is 281 g/mol. The normalized spacial score (nSPS) is 10.1. The second kappa shape index (κ2) is 5.33. The average Bonchev–Trinajstić information content (AvgIpc) is 2.33. The molecule has 2 rings (SSSR count). The maximum absolute atomic E-state index is 12.9. The van der Waals surface area contributed by atoms with E-state index in [9.17, 15) is 4.39 Å². The fraction of sp³-hybridized carbons (Fsp3) is 0. The molecule has 0 radical (unpaired) electrons. The summed E-state index contributed by atoms with van der Waals surface area (Å²) in [5.41, 5.74) is 6.24. The first-order valence-corrected chi connectivity index (χ1v) is 5.87. The molecule has 0 aliphatic carbocycles. The third kappa shape index (κ3) is 2.97. The van der Waals surface area contributed by atoms with Crippen molar-refractivity contribution in [1.82, 2.24) is 0 Å². The van der Waals surface area contributed by atoms with Gasteiger partial charge in [0.1, 0.15) is 22.3 Å². The van der Waals surface area contributed by atoms with Crippen molar-refractivity contribution in [2.75, 3.05) is 0 Å². The quantitative estimate of drug-likeness (QED) is 0.867. The van der Waals surface area contributed by atoms with Crippen molar-refractivity contribution in [1.29, 1.82) is 0 Å². The van der Waals surface area contributed by atoms with E-state index in [4.69, 9.17) is 34.3 Å². The van der Waals surface area contributed by atoms with E-state index in [0.717, 1.165) is 5.56 Å². The van der Waals surface area contributed by atoms with Gasteiger partial charge in [-0.3, -0.25) is 0 Å². The number of benzene rings is 2. The zero-order valence-corrected chi connectivity index (χ0v) is 10.8. The van der Waals surface area contributed by atoms with Crippen molar-refractivity contribution in [2.45, 2.75) is 0 Å². The predicted octanol–water partition coefficient (Wildman–Crippen LogP) is 3.91. The Hall–Kier alpha value is -1.65. The highest BCUT2D eigenvalue weighted by molar-refractivity contribution is 7.80.